The minimum Gasteiger partial charge on any atom is -0.329 e. The summed E-state index contributed by atoms with van der Waals surface area (Å²) in [6.45, 7) is 4.49. The number of hydrogen-bond donors (Lipinski definition) is 0. The maximum absolute atomic E-state index is 13.3. The van der Waals surface area contributed by atoms with E-state index in [4.69, 9.17) is 0 Å². The van der Waals surface area contributed by atoms with E-state index in [0.717, 1.165) is 36.2 Å². The van der Waals surface area contributed by atoms with Gasteiger partial charge in [0.1, 0.15) is 0 Å². The quantitative estimate of drug-likeness (QED) is 0.714. The number of benzene rings is 1. The number of likely N-dealkylation sites (tertiary alicyclic amines) is 1. The Hall–Kier alpha value is -2.67. The van der Waals surface area contributed by atoms with Gasteiger partial charge in [-0.3, -0.25) is 14.2 Å². The van der Waals surface area contributed by atoms with E-state index < -0.39 is 0 Å². The second-order valence-electron chi connectivity index (χ2n) is 7.60. The molecule has 0 bridgehead atoms. The molecule has 2 aromatic heterocycles. The summed E-state index contributed by atoms with van der Waals surface area (Å²) >= 11 is 0. The molecule has 1 atom stereocenters. The molecule has 140 valence electrons. The third-order valence-corrected chi connectivity index (χ3v) is 5.80. The molecule has 0 unspecified atom stereocenters. The number of aromatic nitrogens is 4. The Morgan fingerprint density at radius 3 is 2.85 bits per heavy atom. The highest BCUT2D eigenvalue weighted by Gasteiger charge is 2.32. The molecule has 2 aliphatic rings. The van der Waals surface area contributed by atoms with Gasteiger partial charge < -0.3 is 9.80 Å². The van der Waals surface area contributed by atoms with Crippen molar-refractivity contribution in [1.82, 2.24) is 29.4 Å². The maximum Gasteiger partial charge on any atom is 0.275 e. The van der Waals surface area contributed by atoms with Crippen LogP contribution in [0.5, 0.6) is 0 Å². The van der Waals surface area contributed by atoms with Gasteiger partial charge >= 0.3 is 0 Å². The van der Waals surface area contributed by atoms with Crippen LogP contribution in [0.1, 0.15) is 35.1 Å². The third-order valence-electron chi connectivity index (χ3n) is 5.80. The molecule has 1 fully saturated rings. The summed E-state index contributed by atoms with van der Waals surface area (Å²) in [7, 11) is 1.89. The van der Waals surface area contributed by atoms with Crippen molar-refractivity contribution < 1.29 is 4.79 Å². The lowest BCUT2D eigenvalue weighted by Gasteiger charge is -2.35. The number of fused-ring (bicyclic) bond motifs is 2. The average Bonchev–Trinajstić information content (AvgIpc) is 3.42. The van der Waals surface area contributed by atoms with Crippen molar-refractivity contribution in [1.29, 1.82) is 0 Å². The first-order valence-corrected chi connectivity index (χ1v) is 9.66. The number of para-hydroxylation sites is 1. The predicted octanol–water partition coefficient (Wildman–Crippen LogP) is 2.06. The molecule has 0 N–H and O–H groups in total. The minimum absolute atomic E-state index is 0.00525. The lowest BCUT2D eigenvalue weighted by Crippen LogP contribution is -2.45. The monoisotopic (exact) mass is 364 g/mol. The summed E-state index contributed by atoms with van der Waals surface area (Å²) in [5, 5.41) is 9.98. The average molecular weight is 364 g/mol. The van der Waals surface area contributed by atoms with E-state index in [9.17, 15) is 4.79 Å². The van der Waals surface area contributed by atoms with E-state index in [2.05, 4.69) is 19.8 Å². The van der Waals surface area contributed by atoms with E-state index in [1.807, 2.05) is 48.5 Å². The smallest absolute Gasteiger partial charge is 0.275 e. The maximum atomic E-state index is 13.3. The number of hydrogen-bond acceptors (Lipinski definition) is 4. The Morgan fingerprint density at radius 2 is 2.00 bits per heavy atom. The number of carbonyl (C=O) groups is 1. The van der Waals surface area contributed by atoms with Gasteiger partial charge in [-0.15, -0.1) is 0 Å². The number of nitrogens with zero attached hydrogens (tertiary/aromatic N) is 6. The van der Waals surface area contributed by atoms with Crippen LogP contribution >= 0.6 is 0 Å². The van der Waals surface area contributed by atoms with E-state index in [1.54, 1.807) is 4.68 Å². The van der Waals surface area contributed by atoms with Crippen molar-refractivity contribution in [2.24, 2.45) is 7.05 Å². The molecule has 0 spiro atoms. The van der Waals surface area contributed by atoms with E-state index >= 15 is 0 Å². The number of rotatable bonds is 3. The van der Waals surface area contributed by atoms with Gasteiger partial charge in [0.2, 0.25) is 0 Å². The molecule has 0 radical (unpaired) electrons. The fourth-order valence-corrected chi connectivity index (χ4v) is 4.46. The molecule has 27 heavy (non-hydrogen) atoms. The van der Waals surface area contributed by atoms with Crippen LogP contribution in [-0.2, 0) is 13.6 Å². The number of aryl methyl sites for hydroxylation is 1. The Labute approximate surface area is 158 Å². The zero-order valence-corrected chi connectivity index (χ0v) is 15.6. The lowest BCUT2D eigenvalue weighted by atomic mass is 10.1. The summed E-state index contributed by atoms with van der Waals surface area (Å²) in [6.07, 6.45) is 4.37. The predicted molar refractivity (Wildman–Crippen MR) is 102 cm³/mol. The van der Waals surface area contributed by atoms with Gasteiger partial charge in [0.25, 0.3) is 5.91 Å². The normalized spacial score (nSPS) is 20.3. The van der Waals surface area contributed by atoms with Crippen LogP contribution in [0, 0.1) is 0 Å². The summed E-state index contributed by atoms with van der Waals surface area (Å²) in [5.41, 5.74) is 2.62. The Balaban J connectivity index is 1.45. The first-order chi connectivity index (χ1) is 13.2. The van der Waals surface area contributed by atoms with Gasteiger partial charge in [0, 0.05) is 31.7 Å². The van der Waals surface area contributed by atoms with Crippen molar-refractivity contribution in [3.63, 3.8) is 0 Å². The zero-order valence-electron chi connectivity index (χ0n) is 15.6. The summed E-state index contributed by atoms with van der Waals surface area (Å²) in [5.74, 6) is 0.00525. The van der Waals surface area contributed by atoms with Crippen LogP contribution in [0.3, 0.4) is 0 Å². The summed E-state index contributed by atoms with van der Waals surface area (Å²) in [6, 6.07) is 10.1. The van der Waals surface area contributed by atoms with Gasteiger partial charge in [-0.1, -0.05) is 18.2 Å². The van der Waals surface area contributed by atoms with E-state index in [0.29, 0.717) is 18.8 Å². The minimum atomic E-state index is 0.00525. The summed E-state index contributed by atoms with van der Waals surface area (Å²) < 4.78 is 3.90. The SMILES string of the molecule is Cn1nc(C(=O)N2Cc3ccnn3[C@H](CN3CCCC3)C2)c2ccccc21. The molecule has 1 aromatic carbocycles. The molecule has 1 amide bonds. The van der Waals surface area contributed by atoms with Crippen LogP contribution in [0.4, 0.5) is 0 Å². The highest BCUT2D eigenvalue weighted by molar-refractivity contribution is 6.04. The Morgan fingerprint density at radius 1 is 1.19 bits per heavy atom. The van der Waals surface area contributed by atoms with Gasteiger partial charge in [0.15, 0.2) is 5.69 Å². The van der Waals surface area contributed by atoms with Crippen molar-refractivity contribution in [2.75, 3.05) is 26.2 Å². The highest BCUT2D eigenvalue weighted by atomic mass is 16.2. The van der Waals surface area contributed by atoms with Crippen LogP contribution in [0.15, 0.2) is 36.5 Å². The third kappa shape index (κ3) is 2.82. The molecule has 0 saturated carbocycles. The number of amides is 1. The highest BCUT2D eigenvalue weighted by Crippen LogP contribution is 2.26. The number of carbonyl (C=O) groups excluding carboxylic acids is 1. The second kappa shape index (κ2) is 6.49. The van der Waals surface area contributed by atoms with Gasteiger partial charge in [-0.2, -0.15) is 10.2 Å². The molecule has 4 heterocycles. The van der Waals surface area contributed by atoms with Gasteiger partial charge in [-0.25, -0.2) is 0 Å². The summed E-state index contributed by atoms with van der Waals surface area (Å²) in [4.78, 5) is 17.8. The zero-order chi connectivity index (χ0) is 18.4. The Kier molecular flexibility index (Phi) is 3.97. The van der Waals surface area contributed by atoms with Crippen LogP contribution < -0.4 is 0 Å². The van der Waals surface area contributed by atoms with Crippen molar-refractivity contribution in [2.45, 2.75) is 25.4 Å². The van der Waals surface area contributed by atoms with Gasteiger partial charge in [0.05, 0.1) is 23.8 Å². The standard InChI is InChI=1S/C20H24N6O/c1-23-18-7-3-2-6-17(18)19(22-23)20(27)25-13-15-8-9-21-26(15)16(14-25)12-24-10-4-5-11-24/h2-3,6-9,16H,4-5,10-14H2,1H3/t16-/m1/s1. The topological polar surface area (TPSA) is 59.2 Å². The van der Waals surface area contributed by atoms with Crippen LogP contribution in [0.2, 0.25) is 0 Å². The Bertz CT molecular complexity index is 983. The fourth-order valence-electron chi connectivity index (χ4n) is 4.46. The molecule has 7 heteroatoms. The largest absolute Gasteiger partial charge is 0.329 e. The molecule has 5 rings (SSSR count). The van der Waals surface area contributed by atoms with Crippen LogP contribution in [0.25, 0.3) is 10.9 Å². The van der Waals surface area contributed by atoms with Crippen molar-refractivity contribution in [3.05, 3.63) is 47.9 Å². The second-order valence-corrected chi connectivity index (χ2v) is 7.60. The van der Waals surface area contributed by atoms with Gasteiger partial charge in [-0.05, 0) is 38.1 Å². The lowest BCUT2D eigenvalue weighted by molar-refractivity contribution is 0.0641. The first-order valence-electron chi connectivity index (χ1n) is 9.66. The molecular weight excluding hydrogens is 340 g/mol. The van der Waals surface area contributed by atoms with Crippen molar-refractivity contribution in [3.8, 4) is 0 Å². The first kappa shape index (κ1) is 16.5. The molecule has 1 saturated heterocycles. The molecule has 2 aliphatic heterocycles. The van der Waals surface area contributed by atoms with E-state index in [-0.39, 0.29) is 11.9 Å². The van der Waals surface area contributed by atoms with Crippen LogP contribution in [-0.4, -0.2) is 61.4 Å². The molecular formula is C20H24N6O. The fraction of sp³-hybridized carbons (Fsp3) is 0.450. The molecule has 0 aliphatic carbocycles. The van der Waals surface area contributed by atoms with Crippen molar-refractivity contribution >= 4 is 16.8 Å². The molecule has 3 aromatic rings. The van der Waals surface area contributed by atoms with E-state index in [1.165, 1.54) is 12.8 Å². The molecule has 7 nitrogen and oxygen atoms in total.